The van der Waals surface area contributed by atoms with Crippen LogP contribution in [0.4, 0.5) is 5.95 Å². The Morgan fingerprint density at radius 2 is 1.90 bits per heavy atom. The number of aliphatic hydroxyl groups is 1. The maximum absolute atomic E-state index is 11.8. The zero-order valence-corrected chi connectivity index (χ0v) is 24.1. The van der Waals surface area contributed by atoms with Crippen LogP contribution in [0.15, 0.2) is 33.8 Å². The maximum Gasteiger partial charge on any atom is 0.439 e. The van der Waals surface area contributed by atoms with Gasteiger partial charge in [-0.3, -0.25) is 14.5 Å². The smallest absolute Gasteiger partial charge is 0.391 e. The molecule has 212 valence electrons. The molecule has 10 nitrogen and oxygen atoms in total. The number of H-pyrrole nitrogens is 1. The molecule has 0 amide bonds. The Hall–Kier alpha value is -3.24. The number of nitrogens with one attached hydrogen (secondary N) is 1. The summed E-state index contributed by atoms with van der Waals surface area (Å²) in [6, 6.07) is 3.98. The molecule has 6 rings (SSSR count). The fourth-order valence-corrected chi connectivity index (χ4v) is 6.76. The molecular formula is C29H36ClN7O3. The highest BCUT2D eigenvalue weighted by Crippen LogP contribution is 2.43. The highest BCUT2D eigenvalue weighted by Gasteiger charge is 2.38. The molecule has 0 aromatic carbocycles. The van der Waals surface area contributed by atoms with Gasteiger partial charge in [-0.15, -0.1) is 0 Å². The van der Waals surface area contributed by atoms with Crippen molar-refractivity contribution in [2.24, 2.45) is 17.8 Å². The lowest BCUT2D eigenvalue weighted by Gasteiger charge is -2.35. The van der Waals surface area contributed by atoms with Crippen LogP contribution in [0.1, 0.15) is 65.8 Å². The number of imidazole rings is 1. The van der Waals surface area contributed by atoms with Crippen LogP contribution in [0.3, 0.4) is 0 Å². The predicted molar refractivity (Wildman–Crippen MR) is 154 cm³/mol. The second-order valence-electron chi connectivity index (χ2n) is 12.0. The van der Waals surface area contributed by atoms with E-state index in [1.807, 2.05) is 12.1 Å². The van der Waals surface area contributed by atoms with Gasteiger partial charge in [-0.25, -0.2) is 14.8 Å². The molecule has 0 spiro atoms. The van der Waals surface area contributed by atoms with Crippen molar-refractivity contribution >= 4 is 28.6 Å². The van der Waals surface area contributed by atoms with Gasteiger partial charge in [0.2, 0.25) is 11.8 Å². The predicted octanol–water partition coefficient (Wildman–Crippen LogP) is 5.47. The largest absolute Gasteiger partial charge is 0.439 e. The number of hydrogen-bond donors (Lipinski definition) is 2. The molecule has 2 aliphatic rings. The third-order valence-electron chi connectivity index (χ3n) is 8.81. The van der Waals surface area contributed by atoms with E-state index in [0.29, 0.717) is 41.2 Å². The highest BCUT2D eigenvalue weighted by atomic mass is 35.5. The normalized spacial score (nSPS) is 24.3. The molecule has 0 radical (unpaired) electrons. The van der Waals surface area contributed by atoms with E-state index in [2.05, 4.69) is 52.3 Å². The first-order valence-corrected chi connectivity index (χ1v) is 14.6. The van der Waals surface area contributed by atoms with Gasteiger partial charge in [-0.2, -0.15) is 0 Å². The summed E-state index contributed by atoms with van der Waals surface area (Å²) in [5.74, 6) is 1.96. The van der Waals surface area contributed by atoms with Crippen molar-refractivity contribution < 1.29 is 9.63 Å². The number of β-amino-alcohol motifs (C(OH)–C–C–N with tert-alkyl or cyclic N) is 1. The van der Waals surface area contributed by atoms with Crippen molar-refractivity contribution in [2.75, 3.05) is 11.4 Å². The molecule has 40 heavy (non-hydrogen) atoms. The molecular weight excluding hydrogens is 530 g/mol. The van der Waals surface area contributed by atoms with Crippen LogP contribution >= 0.6 is 11.6 Å². The maximum atomic E-state index is 11.8. The first kappa shape index (κ1) is 27.0. The average molecular weight is 566 g/mol. The Kier molecular flexibility index (Phi) is 7.16. The van der Waals surface area contributed by atoms with E-state index >= 15 is 0 Å². The Morgan fingerprint density at radius 1 is 1.12 bits per heavy atom. The van der Waals surface area contributed by atoms with E-state index in [-0.39, 0.29) is 17.9 Å². The van der Waals surface area contributed by atoms with Gasteiger partial charge in [0.25, 0.3) is 0 Å². The molecule has 11 heteroatoms. The fourth-order valence-electron chi connectivity index (χ4n) is 6.59. The van der Waals surface area contributed by atoms with Crippen LogP contribution in [0.2, 0.25) is 5.02 Å². The van der Waals surface area contributed by atoms with Crippen LogP contribution in [-0.2, 0) is 0 Å². The number of halogens is 1. The van der Waals surface area contributed by atoms with Gasteiger partial charge in [0.05, 0.1) is 27.9 Å². The molecule has 2 fully saturated rings. The first-order valence-electron chi connectivity index (χ1n) is 14.2. The van der Waals surface area contributed by atoms with Crippen molar-refractivity contribution in [3.05, 3.63) is 40.1 Å². The lowest BCUT2D eigenvalue weighted by molar-refractivity contribution is 0.191. The molecule has 1 aliphatic heterocycles. The molecule has 1 saturated heterocycles. The summed E-state index contributed by atoms with van der Waals surface area (Å²) in [5, 5.41) is 15.1. The molecule has 4 aromatic rings. The number of rotatable bonds is 6. The second-order valence-corrected chi connectivity index (χ2v) is 12.4. The summed E-state index contributed by atoms with van der Waals surface area (Å²) < 4.78 is 7.12. The zero-order valence-electron chi connectivity index (χ0n) is 23.3. The SMILES string of the molecule is CC1CCC(C(C)n2c(N3C[C@@H](O)C[C@@H]3C(C)C)nc3cc(-c4noc(=O)[nH]4)nc(-c4cncc(Cl)c4)c32)CC1. The number of nitrogens with zero attached hydrogens (tertiary/aromatic N) is 6. The van der Waals surface area contributed by atoms with Crippen LogP contribution in [0.5, 0.6) is 0 Å². The van der Waals surface area contributed by atoms with Crippen LogP contribution in [0.25, 0.3) is 33.8 Å². The topological polar surface area (TPSA) is 126 Å². The van der Waals surface area contributed by atoms with Gasteiger partial charge < -0.3 is 14.6 Å². The van der Waals surface area contributed by atoms with Gasteiger partial charge in [-0.05, 0) is 56.1 Å². The summed E-state index contributed by atoms with van der Waals surface area (Å²) in [4.78, 5) is 31.2. The molecule has 1 saturated carbocycles. The van der Waals surface area contributed by atoms with Crippen molar-refractivity contribution in [1.82, 2.24) is 29.7 Å². The van der Waals surface area contributed by atoms with E-state index in [1.54, 1.807) is 12.4 Å². The van der Waals surface area contributed by atoms with Crippen molar-refractivity contribution in [2.45, 2.75) is 78.0 Å². The van der Waals surface area contributed by atoms with Crippen LogP contribution < -0.4 is 10.7 Å². The van der Waals surface area contributed by atoms with Gasteiger partial charge in [0.15, 0.2) is 0 Å². The van der Waals surface area contributed by atoms with Crippen molar-refractivity contribution in [1.29, 1.82) is 0 Å². The number of aromatic nitrogens is 6. The van der Waals surface area contributed by atoms with Gasteiger partial charge in [-0.1, -0.05) is 50.4 Å². The minimum absolute atomic E-state index is 0.142. The Bertz CT molecular complexity index is 1570. The standard InChI is InChI=1S/C29H36ClN7O3/c1-15(2)24-10-21(38)14-36(24)28-33-22-11-23(27-34-29(39)40-35-27)32-25(19-9-20(30)13-31-12-19)26(22)37(28)17(4)18-7-5-16(3)6-8-18/h9,11-13,15-18,21,24,38H,5-8,10,14H2,1-4H3,(H,34,35,39)/t16?,17?,18?,21-,24+/m0/s1. The summed E-state index contributed by atoms with van der Waals surface area (Å²) in [6.07, 6.45) is 8.33. The highest BCUT2D eigenvalue weighted by molar-refractivity contribution is 6.30. The molecule has 4 aromatic heterocycles. The minimum atomic E-state index is -0.653. The number of pyridine rings is 2. The lowest BCUT2D eigenvalue weighted by atomic mass is 9.79. The van der Waals surface area contributed by atoms with E-state index in [9.17, 15) is 9.90 Å². The lowest BCUT2D eigenvalue weighted by Crippen LogP contribution is -2.36. The minimum Gasteiger partial charge on any atom is -0.391 e. The fraction of sp³-hybridized carbons (Fsp3) is 0.552. The third-order valence-corrected chi connectivity index (χ3v) is 9.02. The molecule has 3 atom stereocenters. The molecule has 1 aliphatic carbocycles. The average Bonchev–Trinajstić information content (AvgIpc) is 3.64. The zero-order chi connectivity index (χ0) is 28.1. The van der Waals surface area contributed by atoms with Crippen LogP contribution in [0, 0.1) is 17.8 Å². The number of hydrogen-bond acceptors (Lipinski definition) is 8. The Morgan fingerprint density at radius 3 is 2.58 bits per heavy atom. The summed E-state index contributed by atoms with van der Waals surface area (Å²) >= 11 is 6.40. The monoisotopic (exact) mass is 565 g/mol. The Labute approximate surface area is 237 Å². The molecule has 2 N–H and O–H groups in total. The van der Waals surface area contributed by atoms with Gasteiger partial charge in [0, 0.05) is 36.6 Å². The molecule has 0 bridgehead atoms. The van der Waals surface area contributed by atoms with E-state index in [0.717, 1.165) is 41.3 Å². The third kappa shape index (κ3) is 4.92. The first-order chi connectivity index (χ1) is 19.2. The van der Waals surface area contributed by atoms with Crippen molar-refractivity contribution in [3.8, 4) is 22.8 Å². The summed E-state index contributed by atoms with van der Waals surface area (Å²) in [7, 11) is 0. The van der Waals surface area contributed by atoms with Gasteiger partial charge in [0.1, 0.15) is 5.69 Å². The van der Waals surface area contributed by atoms with E-state index < -0.39 is 11.9 Å². The Balaban J connectivity index is 1.62. The van der Waals surface area contributed by atoms with E-state index in [1.165, 1.54) is 12.8 Å². The number of aromatic amines is 1. The quantitative estimate of drug-likeness (QED) is 0.315. The number of aliphatic hydroxyl groups excluding tert-OH is 1. The van der Waals surface area contributed by atoms with Crippen LogP contribution in [-0.4, -0.2) is 53.5 Å². The van der Waals surface area contributed by atoms with Crippen molar-refractivity contribution in [3.63, 3.8) is 0 Å². The summed E-state index contributed by atoms with van der Waals surface area (Å²) in [6.45, 7) is 9.52. The van der Waals surface area contributed by atoms with E-state index in [4.69, 9.17) is 26.1 Å². The number of anilines is 1. The van der Waals surface area contributed by atoms with Gasteiger partial charge >= 0.3 is 5.76 Å². The summed E-state index contributed by atoms with van der Waals surface area (Å²) in [5.41, 5.74) is 3.43. The molecule has 5 heterocycles. The number of fused-ring (bicyclic) bond motifs is 1. The molecule has 1 unspecified atom stereocenters. The second kappa shape index (κ2) is 10.6.